The second-order valence-electron chi connectivity index (χ2n) is 6.18. The van der Waals surface area contributed by atoms with Crippen LogP contribution in [0.1, 0.15) is 16.2 Å². The van der Waals surface area contributed by atoms with E-state index in [2.05, 4.69) is 20.1 Å². The normalized spacial score (nSPS) is 27.2. The zero-order valence-electron chi connectivity index (χ0n) is 12.8. The number of nitrogens with zero attached hydrogens (tertiary/aromatic N) is 4. The highest BCUT2D eigenvalue weighted by molar-refractivity contribution is 5.94. The van der Waals surface area contributed by atoms with Crippen molar-refractivity contribution in [3.63, 3.8) is 0 Å². The average molecular weight is 299 g/mol. The number of hydrogen-bond donors (Lipinski definition) is 1. The van der Waals surface area contributed by atoms with Gasteiger partial charge in [-0.25, -0.2) is 4.98 Å². The van der Waals surface area contributed by atoms with Crippen LogP contribution in [0.4, 0.5) is 0 Å². The predicted octanol–water partition coefficient (Wildman–Crippen LogP) is 0.372. The fourth-order valence-corrected chi connectivity index (χ4v) is 3.60. The molecule has 5 heterocycles. The Morgan fingerprint density at radius 3 is 2.86 bits per heavy atom. The Kier molecular flexibility index (Phi) is 3.35. The van der Waals surface area contributed by atoms with Crippen molar-refractivity contribution in [2.24, 2.45) is 0 Å². The summed E-state index contributed by atoms with van der Waals surface area (Å²) < 4.78 is 1.86. The van der Waals surface area contributed by atoms with E-state index in [1.165, 1.54) is 0 Å². The molecular formula is C16H21N5O. The number of rotatable bonds is 3. The van der Waals surface area contributed by atoms with Gasteiger partial charge in [0.2, 0.25) is 0 Å². The van der Waals surface area contributed by atoms with E-state index in [4.69, 9.17) is 0 Å². The van der Waals surface area contributed by atoms with Crippen LogP contribution >= 0.6 is 0 Å². The zero-order valence-corrected chi connectivity index (χ0v) is 12.8. The fraction of sp³-hybridized carbons (Fsp3) is 0.500. The van der Waals surface area contributed by atoms with Gasteiger partial charge in [-0.1, -0.05) is 6.07 Å². The Balaban J connectivity index is 1.49. The standard InChI is InChI=1S/C16H21N5O/c1-12-15(21-5-3-2-4-14(21)18-12)16(22)17-10-13-11-19-6-8-20(13)9-7-19/h2-5,13H,6-11H2,1H3,(H,17,22). The maximum atomic E-state index is 12.6. The number of hydrogen-bond acceptors (Lipinski definition) is 4. The Morgan fingerprint density at radius 1 is 1.32 bits per heavy atom. The summed E-state index contributed by atoms with van der Waals surface area (Å²) in [5.74, 6) is -0.0335. The van der Waals surface area contributed by atoms with Crippen molar-refractivity contribution in [2.45, 2.75) is 13.0 Å². The van der Waals surface area contributed by atoms with Gasteiger partial charge >= 0.3 is 0 Å². The first-order valence-corrected chi connectivity index (χ1v) is 7.90. The highest BCUT2D eigenvalue weighted by Gasteiger charge is 2.32. The summed E-state index contributed by atoms with van der Waals surface area (Å²) in [6, 6.07) is 6.21. The third kappa shape index (κ3) is 2.28. The fourth-order valence-electron chi connectivity index (χ4n) is 3.60. The molecule has 116 valence electrons. The van der Waals surface area contributed by atoms with Crippen molar-refractivity contribution < 1.29 is 4.79 Å². The molecule has 3 saturated heterocycles. The molecule has 0 spiro atoms. The third-order valence-electron chi connectivity index (χ3n) is 4.81. The summed E-state index contributed by atoms with van der Waals surface area (Å²) in [6.07, 6.45) is 1.89. The monoisotopic (exact) mass is 299 g/mol. The molecule has 22 heavy (non-hydrogen) atoms. The van der Waals surface area contributed by atoms with Crippen LogP contribution in [0, 0.1) is 6.92 Å². The highest BCUT2D eigenvalue weighted by Crippen LogP contribution is 2.16. The Labute approximate surface area is 129 Å². The molecule has 0 aliphatic carbocycles. The average Bonchev–Trinajstić information content (AvgIpc) is 2.89. The van der Waals surface area contributed by atoms with Gasteiger partial charge in [0.05, 0.1) is 5.69 Å². The number of carbonyl (C=O) groups is 1. The lowest BCUT2D eigenvalue weighted by atomic mass is 10.1. The van der Waals surface area contributed by atoms with Gasteiger partial charge < -0.3 is 5.32 Å². The first kappa shape index (κ1) is 13.7. The molecule has 3 fully saturated rings. The number of aromatic nitrogens is 2. The maximum absolute atomic E-state index is 12.6. The van der Waals surface area contributed by atoms with E-state index in [-0.39, 0.29) is 5.91 Å². The van der Waals surface area contributed by atoms with Gasteiger partial charge in [0.1, 0.15) is 11.3 Å². The van der Waals surface area contributed by atoms with E-state index in [0.717, 1.165) is 44.1 Å². The molecule has 2 aromatic rings. The molecule has 0 saturated carbocycles. The summed E-state index contributed by atoms with van der Waals surface area (Å²) >= 11 is 0. The molecular weight excluding hydrogens is 278 g/mol. The summed E-state index contributed by atoms with van der Waals surface area (Å²) in [5, 5.41) is 3.10. The lowest BCUT2D eigenvalue weighted by Crippen LogP contribution is -2.63. The number of piperazine rings is 3. The summed E-state index contributed by atoms with van der Waals surface area (Å²) in [4.78, 5) is 22.0. The number of amides is 1. The highest BCUT2D eigenvalue weighted by atomic mass is 16.2. The largest absolute Gasteiger partial charge is 0.349 e. The molecule has 1 N–H and O–H groups in total. The Bertz CT molecular complexity index is 702. The van der Waals surface area contributed by atoms with Gasteiger partial charge in [0.25, 0.3) is 5.91 Å². The number of pyridine rings is 1. The number of aryl methyl sites for hydroxylation is 1. The maximum Gasteiger partial charge on any atom is 0.270 e. The van der Waals surface area contributed by atoms with E-state index in [0.29, 0.717) is 18.3 Å². The first-order chi connectivity index (χ1) is 10.7. The van der Waals surface area contributed by atoms with Crippen LogP contribution in [0.5, 0.6) is 0 Å². The van der Waals surface area contributed by atoms with Crippen LogP contribution in [0.3, 0.4) is 0 Å². The topological polar surface area (TPSA) is 52.9 Å². The van der Waals surface area contributed by atoms with Crippen LogP contribution in [-0.2, 0) is 0 Å². The molecule has 3 aliphatic heterocycles. The van der Waals surface area contributed by atoms with E-state index in [1.807, 2.05) is 35.7 Å². The first-order valence-electron chi connectivity index (χ1n) is 7.90. The van der Waals surface area contributed by atoms with Crippen LogP contribution in [0.25, 0.3) is 5.65 Å². The zero-order chi connectivity index (χ0) is 15.1. The quantitative estimate of drug-likeness (QED) is 0.890. The third-order valence-corrected chi connectivity index (χ3v) is 4.81. The van der Waals surface area contributed by atoms with Gasteiger partial charge in [-0.05, 0) is 19.1 Å². The van der Waals surface area contributed by atoms with E-state index in [1.54, 1.807) is 0 Å². The van der Waals surface area contributed by atoms with Gasteiger partial charge in [-0.15, -0.1) is 0 Å². The summed E-state index contributed by atoms with van der Waals surface area (Å²) in [7, 11) is 0. The molecule has 0 aromatic carbocycles. The molecule has 1 unspecified atom stereocenters. The number of fused-ring (bicyclic) bond motifs is 4. The van der Waals surface area contributed by atoms with Gasteiger partial charge in [-0.3, -0.25) is 19.0 Å². The molecule has 3 aliphatic rings. The molecule has 1 amide bonds. The van der Waals surface area contributed by atoms with Crippen molar-refractivity contribution in [1.82, 2.24) is 24.5 Å². The van der Waals surface area contributed by atoms with Crippen molar-refractivity contribution in [2.75, 3.05) is 39.3 Å². The lowest BCUT2D eigenvalue weighted by molar-refractivity contribution is 0.0138. The molecule has 1 atom stereocenters. The number of carbonyl (C=O) groups excluding carboxylic acids is 1. The molecule has 2 aromatic heterocycles. The molecule has 6 nitrogen and oxygen atoms in total. The van der Waals surface area contributed by atoms with E-state index < -0.39 is 0 Å². The Morgan fingerprint density at radius 2 is 2.14 bits per heavy atom. The smallest absolute Gasteiger partial charge is 0.270 e. The van der Waals surface area contributed by atoms with Gasteiger partial charge in [0.15, 0.2) is 0 Å². The molecule has 0 radical (unpaired) electrons. The minimum Gasteiger partial charge on any atom is -0.349 e. The lowest BCUT2D eigenvalue weighted by Gasteiger charge is -2.47. The van der Waals surface area contributed by atoms with Crippen LogP contribution in [0.15, 0.2) is 24.4 Å². The summed E-state index contributed by atoms with van der Waals surface area (Å²) in [6.45, 7) is 8.22. The van der Waals surface area contributed by atoms with E-state index in [9.17, 15) is 4.79 Å². The number of imidazole rings is 1. The van der Waals surface area contributed by atoms with Gasteiger partial charge in [-0.2, -0.15) is 0 Å². The minimum absolute atomic E-state index is 0.0335. The van der Waals surface area contributed by atoms with E-state index >= 15 is 0 Å². The summed E-state index contributed by atoms with van der Waals surface area (Å²) in [5.41, 5.74) is 2.24. The SMILES string of the molecule is Cc1nc2ccccn2c1C(=O)NCC1CN2CCN1CC2. The molecule has 6 heteroatoms. The molecule has 5 rings (SSSR count). The number of nitrogens with one attached hydrogen (secondary N) is 1. The van der Waals surface area contributed by atoms with Crippen LogP contribution in [0.2, 0.25) is 0 Å². The van der Waals surface area contributed by atoms with Crippen molar-refractivity contribution in [1.29, 1.82) is 0 Å². The second kappa shape index (κ2) is 5.37. The second-order valence-corrected chi connectivity index (χ2v) is 6.18. The van der Waals surface area contributed by atoms with Crippen molar-refractivity contribution in [3.05, 3.63) is 35.8 Å². The van der Waals surface area contributed by atoms with Crippen LogP contribution < -0.4 is 5.32 Å². The Hall–Kier alpha value is -1.92. The van der Waals surface area contributed by atoms with Gasteiger partial charge in [0, 0.05) is 51.5 Å². The van der Waals surface area contributed by atoms with Crippen molar-refractivity contribution in [3.8, 4) is 0 Å². The van der Waals surface area contributed by atoms with Crippen LogP contribution in [-0.4, -0.2) is 70.4 Å². The predicted molar refractivity (Wildman–Crippen MR) is 84.1 cm³/mol. The van der Waals surface area contributed by atoms with Crippen molar-refractivity contribution >= 4 is 11.6 Å². The molecule has 2 bridgehead atoms. The minimum atomic E-state index is -0.0335.